The van der Waals surface area contributed by atoms with E-state index >= 15 is 0 Å². The molecule has 0 unspecified atom stereocenters. The topological polar surface area (TPSA) is 9.34 Å². The summed E-state index contributed by atoms with van der Waals surface area (Å²) in [7, 11) is 0. The van der Waals surface area contributed by atoms with E-state index in [4.69, 9.17) is 0 Å². The summed E-state index contributed by atoms with van der Waals surface area (Å²) >= 11 is 0. The lowest BCUT2D eigenvalue weighted by atomic mass is 9.81. The van der Waals surface area contributed by atoms with Crippen LogP contribution in [0.5, 0.6) is 0 Å². The van der Waals surface area contributed by atoms with Crippen LogP contribution in [-0.4, -0.2) is 8.97 Å². The molecule has 0 saturated carbocycles. The van der Waals surface area contributed by atoms with E-state index in [1.807, 2.05) is 0 Å². The van der Waals surface area contributed by atoms with Gasteiger partial charge in [-0.15, -0.1) is 0 Å². The number of hydrogen-bond donors (Lipinski definition) is 0. The van der Waals surface area contributed by atoms with Gasteiger partial charge in [0.15, 0.2) is 0 Å². The van der Waals surface area contributed by atoms with Gasteiger partial charge in [0.2, 0.25) is 0 Å². The first-order valence-corrected chi connectivity index (χ1v) is 24.3. The quantitative estimate of drug-likeness (QED) is 0.167. The predicted octanol–water partition coefficient (Wildman–Crippen LogP) is 18.2. The highest BCUT2D eigenvalue weighted by atomic mass is 15.0. The lowest BCUT2D eigenvalue weighted by molar-refractivity contribution is 0.661. The molecule has 1 aliphatic carbocycles. The molecular formula is C67H46N2. The maximum atomic E-state index is 2.59. The Balaban J connectivity index is 0.945. The van der Waals surface area contributed by atoms with E-state index in [-0.39, 0.29) is 5.41 Å². The van der Waals surface area contributed by atoms with Gasteiger partial charge in [0.05, 0.1) is 27.6 Å². The Morgan fingerprint density at radius 2 is 0.928 bits per heavy atom. The van der Waals surface area contributed by atoms with Crippen molar-refractivity contribution in [3.05, 3.63) is 229 Å². The summed E-state index contributed by atoms with van der Waals surface area (Å²) in [6.07, 6.45) is 0. The summed E-state index contributed by atoms with van der Waals surface area (Å²) in [6, 6.07) is 77.9. The van der Waals surface area contributed by atoms with E-state index in [1.54, 1.807) is 0 Å². The smallest absolute Gasteiger partial charge is 0.0626 e. The van der Waals surface area contributed by atoms with Crippen LogP contribution in [0.1, 0.15) is 36.1 Å². The van der Waals surface area contributed by atoms with E-state index in [1.165, 1.54) is 154 Å². The molecule has 0 saturated heterocycles. The second kappa shape index (κ2) is 13.8. The van der Waals surface area contributed by atoms with E-state index in [9.17, 15) is 0 Å². The van der Waals surface area contributed by atoms with Gasteiger partial charge in [0, 0.05) is 43.4 Å². The summed E-state index contributed by atoms with van der Waals surface area (Å²) in [5.41, 5.74) is 23.0. The van der Waals surface area contributed by atoms with Gasteiger partial charge < -0.3 is 8.97 Å². The SMILES string of the molecule is Cc1ccccc1-c1cc(-c2ccc3cc4c(cc3c2)c2c3c(cc5c6cc7cc(-c8ccc9c(c8)c8ccccc8n9-c8ccccc8)ccc7cc6n4c52)C(C)(C)c2ccccc2-3)ccc1C. The number of para-hydroxylation sites is 2. The third-order valence-electron chi connectivity index (χ3n) is 16.0. The van der Waals surface area contributed by atoms with Crippen LogP contribution in [0.2, 0.25) is 0 Å². The van der Waals surface area contributed by atoms with Gasteiger partial charge in [-0.2, -0.15) is 0 Å². The molecule has 0 radical (unpaired) electrons. The third kappa shape index (κ3) is 5.32. The molecule has 0 bridgehead atoms. The zero-order chi connectivity index (χ0) is 45.9. The normalized spacial score (nSPS) is 13.3. The summed E-state index contributed by atoms with van der Waals surface area (Å²) in [6.45, 7) is 9.27. The monoisotopic (exact) mass is 878 g/mol. The number of rotatable bonds is 4. The lowest BCUT2D eigenvalue weighted by Gasteiger charge is -2.21. The van der Waals surface area contributed by atoms with Crippen LogP contribution in [0.15, 0.2) is 206 Å². The van der Waals surface area contributed by atoms with Gasteiger partial charge in [-0.25, -0.2) is 0 Å². The molecule has 11 aromatic carbocycles. The molecule has 14 aromatic rings. The van der Waals surface area contributed by atoms with E-state index in [2.05, 4.69) is 243 Å². The summed E-state index contributed by atoms with van der Waals surface area (Å²) < 4.78 is 4.98. The number of fused-ring (bicyclic) bond motifs is 15. The number of hydrogen-bond acceptors (Lipinski definition) is 0. The zero-order valence-electron chi connectivity index (χ0n) is 39.0. The number of aromatic nitrogens is 2. The van der Waals surface area contributed by atoms with Crippen LogP contribution >= 0.6 is 0 Å². The first-order valence-electron chi connectivity index (χ1n) is 24.3. The molecule has 3 aromatic heterocycles. The molecule has 69 heavy (non-hydrogen) atoms. The maximum Gasteiger partial charge on any atom is 0.0626 e. The van der Waals surface area contributed by atoms with Crippen LogP contribution in [0.25, 0.3) is 132 Å². The second-order valence-electron chi connectivity index (χ2n) is 20.2. The fourth-order valence-corrected chi connectivity index (χ4v) is 12.6. The molecule has 1 aliphatic rings. The van der Waals surface area contributed by atoms with Crippen molar-refractivity contribution >= 4 is 81.4 Å². The Morgan fingerprint density at radius 3 is 1.71 bits per heavy atom. The minimum absolute atomic E-state index is 0.148. The van der Waals surface area contributed by atoms with Crippen molar-refractivity contribution in [2.75, 3.05) is 0 Å². The van der Waals surface area contributed by atoms with Crippen molar-refractivity contribution < 1.29 is 0 Å². The molecule has 0 aliphatic heterocycles. The van der Waals surface area contributed by atoms with Crippen LogP contribution in [0.3, 0.4) is 0 Å². The molecule has 3 heterocycles. The minimum Gasteiger partial charge on any atom is -0.309 e. The summed E-state index contributed by atoms with van der Waals surface area (Å²) in [5.74, 6) is 0. The van der Waals surface area contributed by atoms with Crippen molar-refractivity contribution in [2.45, 2.75) is 33.1 Å². The summed E-state index contributed by atoms with van der Waals surface area (Å²) in [5, 5.41) is 12.8. The Morgan fingerprint density at radius 1 is 0.348 bits per heavy atom. The van der Waals surface area contributed by atoms with Crippen molar-refractivity contribution in [3.8, 4) is 50.2 Å². The predicted molar refractivity (Wildman–Crippen MR) is 294 cm³/mol. The Kier molecular flexibility index (Phi) is 7.73. The molecule has 0 N–H and O–H groups in total. The van der Waals surface area contributed by atoms with Gasteiger partial charge in [-0.3, -0.25) is 0 Å². The molecule has 0 fully saturated rings. The zero-order valence-corrected chi connectivity index (χ0v) is 39.0. The minimum atomic E-state index is -0.148. The third-order valence-corrected chi connectivity index (χ3v) is 16.0. The van der Waals surface area contributed by atoms with Crippen molar-refractivity contribution in [2.24, 2.45) is 0 Å². The van der Waals surface area contributed by atoms with Crippen molar-refractivity contribution in [1.29, 1.82) is 0 Å². The van der Waals surface area contributed by atoms with Crippen LogP contribution in [0.4, 0.5) is 0 Å². The molecule has 2 nitrogen and oxygen atoms in total. The molecular weight excluding hydrogens is 833 g/mol. The summed E-state index contributed by atoms with van der Waals surface area (Å²) in [4.78, 5) is 0. The Bertz CT molecular complexity index is 4520. The highest BCUT2D eigenvalue weighted by Gasteiger charge is 2.38. The molecule has 2 heteroatoms. The van der Waals surface area contributed by atoms with Crippen molar-refractivity contribution in [1.82, 2.24) is 8.97 Å². The maximum absolute atomic E-state index is 2.59. The van der Waals surface area contributed by atoms with Crippen LogP contribution in [-0.2, 0) is 5.41 Å². The van der Waals surface area contributed by atoms with Gasteiger partial charge in [0.25, 0.3) is 0 Å². The van der Waals surface area contributed by atoms with E-state index < -0.39 is 0 Å². The molecule has 0 spiro atoms. The molecule has 15 rings (SSSR count). The van der Waals surface area contributed by atoms with Gasteiger partial charge in [0.1, 0.15) is 0 Å². The van der Waals surface area contributed by atoms with Gasteiger partial charge in [-0.1, -0.05) is 141 Å². The fraction of sp³-hybridized carbons (Fsp3) is 0.0746. The van der Waals surface area contributed by atoms with E-state index in [0.717, 1.165) is 0 Å². The average molecular weight is 879 g/mol. The average Bonchev–Trinajstić information content (AvgIpc) is 4.07. The Hall–Kier alpha value is -8.46. The molecule has 324 valence electrons. The number of benzene rings is 11. The highest BCUT2D eigenvalue weighted by molar-refractivity contribution is 6.30. The van der Waals surface area contributed by atoms with Gasteiger partial charge >= 0.3 is 0 Å². The van der Waals surface area contributed by atoms with E-state index in [0.29, 0.717) is 0 Å². The van der Waals surface area contributed by atoms with Crippen LogP contribution < -0.4 is 0 Å². The first-order chi connectivity index (χ1) is 33.8. The largest absolute Gasteiger partial charge is 0.309 e. The fourth-order valence-electron chi connectivity index (χ4n) is 12.6. The Labute approximate surface area is 400 Å². The lowest BCUT2D eigenvalue weighted by Crippen LogP contribution is -2.14. The van der Waals surface area contributed by atoms with Crippen LogP contribution in [0, 0.1) is 13.8 Å². The second-order valence-corrected chi connectivity index (χ2v) is 20.2. The van der Waals surface area contributed by atoms with Crippen molar-refractivity contribution in [3.63, 3.8) is 0 Å². The standard InChI is InChI=1S/C67H46N2/c1-39-14-8-9-17-50(39)53-32-43(23-22-40(53)2)41-24-27-46-37-63-57(35-48(46)31-41)65-64-52-19-10-12-20-58(52)67(3,4)59(64)38-56-55-34-47-30-42(25-26-45(47)36-62(55)69(63)66(56)65)44-28-29-61-54(33-44)51-18-11-13-21-60(51)68(61)49-15-6-5-7-16-49/h5-38H,1-4H3. The van der Waals surface area contributed by atoms with Gasteiger partial charge in [-0.05, 0) is 181 Å². The first kappa shape index (κ1) is 38.6. The number of aryl methyl sites for hydroxylation is 2. The highest BCUT2D eigenvalue weighted by Crippen LogP contribution is 2.56. The number of nitrogens with zero attached hydrogens (tertiary/aromatic N) is 2. The molecule has 0 amide bonds. The molecule has 0 atom stereocenters.